The van der Waals surface area contributed by atoms with Crippen molar-refractivity contribution in [3.8, 4) is 5.75 Å². The second kappa shape index (κ2) is 8.23. The van der Waals surface area contributed by atoms with Gasteiger partial charge in [0.1, 0.15) is 10.6 Å². The Balaban J connectivity index is 0.00000192. The molecule has 1 aromatic heterocycles. The highest BCUT2D eigenvalue weighted by Gasteiger charge is 2.33. The van der Waals surface area contributed by atoms with Crippen molar-refractivity contribution < 1.29 is 18.3 Å². The highest BCUT2D eigenvalue weighted by Crippen LogP contribution is 2.29. The van der Waals surface area contributed by atoms with E-state index < -0.39 is 6.61 Å². The minimum atomic E-state index is -2.91. The number of halogens is 3. The van der Waals surface area contributed by atoms with Gasteiger partial charge in [-0.1, -0.05) is 0 Å². The third-order valence-corrected chi connectivity index (χ3v) is 5.04. The molecule has 0 aliphatic carbocycles. The molecule has 2 aliphatic rings. The van der Waals surface area contributed by atoms with Gasteiger partial charge in [0.25, 0.3) is 5.91 Å². The number of thiophene rings is 1. The van der Waals surface area contributed by atoms with Crippen molar-refractivity contribution in [2.75, 3.05) is 39.3 Å². The molecule has 3 heterocycles. The SMILES string of the molecule is Cl.O=C(c1sccc1OC(F)F)N1CCC(N2CCNCC2)C1. The summed E-state index contributed by atoms with van der Waals surface area (Å²) in [6.07, 6.45) is 0.933. The third-order valence-electron chi connectivity index (χ3n) is 4.16. The second-order valence-corrected chi connectivity index (χ2v) is 6.39. The van der Waals surface area contributed by atoms with Crippen LogP contribution in [0.3, 0.4) is 0 Å². The molecule has 2 saturated heterocycles. The molecule has 0 saturated carbocycles. The predicted octanol–water partition coefficient (Wildman–Crippen LogP) is 1.89. The molecule has 9 heteroatoms. The van der Waals surface area contributed by atoms with Crippen LogP contribution in [0.25, 0.3) is 0 Å². The van der Waals surface area contributed by atoms with E-state index >= 15 is 0 Å². The summed E-state index contributed by atoms with van der Waals surface area (Å²) >= 11 is 1.15. The molecular formula is C14H20ClF2N3O2S. The van der Waals surface area contributed by atoms with Crippen LogP contribution >= 0.6 is 23.7 Å². The van der Waals surface area contributed by atoms with E-state index in [-0.39, 0.29) is 28.9 Å². The third kappa shape index (κ3) is 4.32. The number of piperazine rings is 1. The molecule has 5 nitrogen and oxygen atoms in total. The summed E-state index contributed by atoms with van der Waals surface area (Å²) in [6, 6.07) is 1.79. The number of carbonyl (C=O) groups excluding carboxylic acids is 1. The Labute approximate surface area is 144 Å². The predicted molar refractivity (Wildman–Crippen MR) is 87.0 cm³/mol. The first kappa shape index (κ1) is 18.4. The number of ether oxygens (including phenoxy) is 1. The van der Waals surface area contributed by atoms with E-state index in [1.807, 2.05) is 0 Å². The fourth-order valence-corrected chi connectivity index (χ4v) is 3.85. The summed E-state index contributed by atoms with van der Waals surface area (Å²) in [4.78, 5) is 16.9. The smallest absolute Gasteiger partial charge is 0.387 e. The van der Waals surface area contributed by atoms with Crippen LogP contribution in [0.4, 0.5) is 8.78 Å². The van der Waals surface area contributed by atoms with Gasteiger partial charge in [0.2, 0.25) is 0 Å². The van der Waals surface area contributed by atoms with Crippen molar-refractivity contribution >= 4 is 29.7 Å². The summed E-state index contributed by atoms with van der Waals surface area (Å²) in [5.74, 6) is -0.223. The summed E-state index contributed by atoms with van der Waals surface area (Å²) in [7, 11) is 0. The molecule has 0 bridgehead atoms. The first-order valence-corrected chi connectivity index (χ1v) is 8.29. The molecule has 1 amide bonds. The number of hydrogen-bond acceptors (Lipinski definition) is 5. The van der Waals surface area contributed by atoms with Gasteiger partial charge in [0.05, 0.1) is 0 Å². The fraction of sp³-hybridized carbons (Fsp3) is 0.643. The van der Waals surface area contributed by atoms with Gasteiger partial charge < -0.3 is 15.0 Å². The molecule has 1 unspecified atom stereocenters. The Hall–Kier alpha value is -0.960. The van der Waals surface area contributed by atoms with Gasteiger partial charge in [0, 0.05) is 45.3 Å². The van der Waals surface area contributed by atoms with Crippen LogP contribution in [0.15, 0.2) is 11.4 Å². The zero-order chi connectivity index (χ0) is 15.5. The van der Waals surface area contributed by atoms with Crippen molar-refractivity contribution in [1.29, 1.82) is 0 Å². The van der Waals surface area contributed by atoms with Gasteiger partial charge in [-0.25, -0.2) is 0 Å². The average molecular weight is 368 g/mol. The lowest BCUT2D eigenvalue weighted by molar-refractivity contribution is -0.0499. The lowest BCUT2D eigenvalue weighted by Gasteiger charge is -2.32. The minimum Gasteiger partial charge on any atom is -0.433 e. The number of nitrogens with one attached hydrogen (secondary N) is 1. The number of alkyl halides is 2. The molecular weight excluding hydrogens is 348 g/mol. The van der Waals surface area contributed by atoms with Crippen molar-refractivity contribution in [3.63, 3.8) is 0 Å². The zero-order valence-corrected chi connectivity index (χ0v) is 14.2. The van der Waals surface area contributed by atoms with Crippen LogP contribution in [-0.4, -0.2) is 67.6 Å². The van der Waals surface area contributed by atoms with E-state index in [4.69, 9.17) is 0 Å². The van der Waals surface area contributed by atoms with Crippen LogP contribution in [-0.2, 0) is 0 Å². The number of amides is 1. The molecule has 2 aliphatic heterocycles. The standard InChI is InChI=1S/C14H19F2N3O2S.ClH/c15-14(16)21-11-2-8-22-12(11)13(20)19-5-1-10(9-19)18-6-3-17-4-7-18;/h2,8,10,14,17H,1,3-7,9H2;1H. The van der Waals surface area contributed by atoms with E-state index in [9.17, 15) is 13.6 Å². The molecule has 23 heavy (non-hydrogen) atoms. The maximum Gasteiger partial charge on any atom is 0.387 e. The molecule has 2 fully saturated rings. The Kier molecular flexibility index (Phi) is 6.58. The quantitative estimate of drug-likeness (QED) is 0.882. The van der Waals surface area contributed by atoms with Gasteiger partial charge in [-0.05, 0) is 17.9 Å². The normalized spacial score (nSPS) is 22.2. The summed E-state index contributed by atoms with van der Waals surface area (Å²) in [5, 5.41) is 4.92. The number of rotatable bonds is 4. The molecule has 0 aromatic carbocycles. The number of hydrogen-bond donors (Lipinski definition) is 1. The summed E-state index contributed by atoms with van der Waals surface area (Å²) < 4.78 is 29.2. The van der Waals surface area contributed by atoms with E-state index in [0.29, 0.717) is 19.1 Å². The zero-order valence-electron chi connectivity index (χ0n) is 12.5. The van der Waals surface area contributed by atoms with Gasteiger partial charge in [0.15, 0.2) is 0 Å². The Morgan fingerprint density at radius 3 is 2.78 bits per heavy atom. The van der Waals surface area contributed by atoms with E-state index in [0.717, 1.165) is 43.9 Å². The first-order valence-electron chi connectivity index (χ1n) is 7.41. The van der Waals surface area contributed by atoms with E-state index in [1.54, 1.807) is 10.3 Å². The lowest BCUT2D eigenvalue weighted by Crippen LogP contribution is -2.49. The average Bonchev–Trinajstić information content (AvgIpc) is 3.16. The largest absolute Gasteiger partial charge is 0.433 e. The molecule has 3 rings (SSSR count). The number of carbonyl (C=O) groups is 1. The van der Waals surface area contributed by atoms with E-state index in [1.165, 1.54) is 6.07 Å². The highest BCUT2D eigenvalue weighted by atomic mass is 35.5. The molecule has 130 valence electrons. The summed E-state index contributed by atoms with van der Waals surface area (Å²) in [6.45, 7) is 2.35. The Morgan fingerprint density at radius 2 is 2.09 bits per heavy atom. The molecule has 0 spiro atoms. The van der Waals surface area contributed by atoms with Gasteiger partial charge in [-0.3, -0.25) is 9.69 Å². The first-order chi connectivity index (χ1) is 10.6. The van der Waals surface area contributed by atoms with Crippen LogP contribution in [0.2, 0.25) is 0 Å². The van der Waals surface area contributed by atoms with Gasteiger partial charge in [-0.15, -0.1) is 23.7 Å². The van der Waals surface area contributed by atoms with Crippen LogP contribution < -0.4 is 10.1 Å². The van der Waals surface area contributed by atoms with Crippen molar-refractivity contribution in [2.24, 2.45) is 0 Å². The fourth-order valence-electron chi connectivity index (χ4n) is 3.06. The molecule has 1 atom stereocenters. The molecule has 1 aromatic rings. The second-order valence-electron chi connectivity index (χ2n) is 5.47. The Bertz CT molecular complexity index is 526. The lowest BCUT2D eigenvalue weighted by atomic mass is 10.2. The van der Waals surface area contributed by atoms with E-state index in [2.05, 4.69) is 15.0 Å². The Morgan fingerprint density at radius 1 is 1.35 bits per heavy atom. The highest BCUT2D eigenvalue weighted by molar-refractivity contribution is 7.12. The van der Waals surface area contributed by atoms with Crippen LogP contribution in [0.1, 0.15) is 16.1 Å². The molecule has 1 N–H and O–H groups in total. The number of nitrogens with zero attached hydrogens (tertiary/aromatic N) is 2. The van der Waals surface area contributed by atoms with Crippen molar-refractivity contribution in [1.82, 2.24) is 15.1 Å². The van der Waals surface area contributed by atoms with Crippen molar-refractivity contribution in [3.05, 3.63) is 16.3 Å². The summed E-state index contributed by atoms with van der Waals surface area (Å²) in [5.41, 5.74) is 0. The van der Waals surface area contributed by atoms with Crippen LogP contribution in [0, 0.1) is 0 Å². The maximum absolute atomic E-state index is 12.5. The maximum atomic E-state index is 12.5. The monoisotopic (exact) mass is 367 g/mol. The van der Waals surface area contributed by atoms with Crippen LogP contribution in [0.5, 0.6) is 5.75 Å². The number of likely N-dealkylation sites (tertiary alicyclic amines) is 1. The van der Waals surface area contributed by atoms with Crippen molar-refractivity contribution in [2.45, 2.75) is 19.1 Å². The van der Waals surface area contributed by atoms with Gasteiger partial charge >= 0.3 is 6.61 Å². The van der Waals surface area contributed by atoms with Gasteiger partial charge in [-0.2, -0.15) is 8.78 Å². The minimum absolute atomic E-state index is 0. The molecule has 0 radical (unpaired) electrons. The topological polar surface area (TPSA) is 44.8 Å².